The van der Waals surface area contributed by atoms with E-state index in [0.29, 0.717) is 6.54 Å². The molecule has 0 bridgehead atoms. The van der Waals surface area contributed by atoms with Crippen LogP contribution in [0, 0.1) is 13.8 Å². The fourth-order valence-electron chi connectivity index (χ4n) is 2.26. The van der Waals surface area contributed by atoms with Crippen molar-refractivity contribution < 1.29 is 4.79 Å². The molecule has 2 aromatic rings. The maximum Gasteiger partial charge on any atom is 0.243 e. The van der Waals surface area contributed by atoms with Gasteiger partial charge in [0.05, 0.1) is 6.54 Å². The number of amides is 1. The van der Waals surface area contributed by atoms with Crippen molar-refractivity contribution >= 4 is 17.3 Å². The first kappa shape index (κ1) is 15.1. The van der Waals surface area contributed by atoms with Gasteiger partial charge in [0, 0.05) is 17.9 Å². The lowest BCUT2D eigenvalue weighted by Gasteiger charge is -2.22. The number of aryl methyl sites for hydroxylation is 2. The van der Waals surface area contributed by atoms with E-state index >= 15 is 0 Å². The number of likely N-dealkylation sites (N-methyl/N-ethyl adjacent to an activating group) is 1. The Morgan fingerprint density at radius 1 is 1.10 bits per heavy atom. The van der Waals surface area contributed by atoms with Gasteiger partial charge >= 0.3 is 0 Å². The topological polar surface area (TPSA) is 32.3 Å². The summed E-state index contributed by atoms with van der Waals surface area (Å²) < 4.78 is 0. The van der Waals surface area contributed by atoms with Gasteiger partial charge in [-0.15, -0.1) is 0 Å². The van der Waals surface area contributed by atoms with Gasteiger partial charge in [-0.1, -0.05) is 30.3 Å². The van der Waals surface area contributed by atoms with E-state index in [0.717, 1.165) is 29.0 Å². The number of benzene rings is 2. The Labute approximate surface area is 126 Å². The predicted molar refractivity (Wildman–Crippen MR) is 88.9 cm³/mol. The number of hydrogen-bond acceptors (Lipinski definition) is 2. The summed E-state index contributed by atoms with van der Waals surface area (Å²) in [6.07, 6.45) is 0. The van der Waals surface area contributed by atoms with Crippen LogP contribution in [0.5, 0.6) is 0 Å². The van der Waals surface area contributed by atoms with Gasteiger partial charge in [-0.25, -0.2) is 0 Å². The second-order valence-corrected chi connectivity index (χ2v) is 5.22. The number of para-hydroxylation sites is 1. The number of hydrogen-bond donors (Lipinski definition) is 1. The zero-order valence-electron chi connectivity index (χ0n) is 12.9. The molecule has 0 saturated heterocycles. The van der Waals surface area contributed by atoms with E-state index in [4.69, 9.17) is 0 Å². The lowest BCUT2D eigenvalue weighted by atomic mass is 10.1. The number of rotatable bonds is 5. The van der Waals surface area contributed by atoms with E-state index in [-0.39, 0.29) is 5.91 Å². The summed E-state index contributed by atoms with van der Waals surface area (Å²) in [4.78, 5) is 14.3. The molecule has 3 heteroatoms. The molecule has 0 aliphatic heterocycles. The fourth-order valence-corrected chi connectivity index (χ4v) is 2.26. The monoisotopic (exact) mass is 282 g/mol. The molecule has 0 spiro atoms. The van der Waals surface area contributed by atoms with Crippen molar-refractivity contribution in [3.05, 3.63) is 59.7 Å². The van der Waals surface area contributed by atoms with E-state index in [1.54, 1.807) is 0 Å². The van der Waals surface area contributed by atoms with Gasteiger partial charge in [0.1, 0.15) is 0 Å². The van der Waals surface area contributed by atoms with Gasteiger partial charge < -0.3 is 10.2 Å². The van der Waals surface area contributed by atoms with Crippen molar-refractivity contribution in [2.45, 2.75) is 20.8 Å². The van der Waals surface area contributed by atoms with Crippen LogP contribution in [0.1, 0.15) is 18.1 Å². The zero-order chi connectivity index (χ0) is 15.2. The highest BCUT2D eigenvalue weighted by Gasteiger charge is 2.11. The number of nitrogens with one attached hydrogen (secondary N) is 1. The molecular formula is C18H22N2O. The quantitative estimate of drug-likeness (QED) is 0.905. The van der Waals surface area contributed by atoms with Crippen molar-refractivity contribution in [3.8, 4) is 0 Å². The molecule has 2 rings (SSSR count). The van der Waals surface area contributed by atoms with Crippen LogP contribution in [-0.4, -0.2) is 19.0 Å². The molecule has 0 saturated carbocycles. The second-order valence-electron chi connectivity index (χ2n) is 5.22. The Hall–Kier alpha value is -2.29. The molecule has 2 aromatic carbocycles. The minimum absolute atomic E-state index is 0.00871. The van der Waals surface area contributed by atoms with Crippen molar-refractivity contribution in [2.75, 3.05) is 23.3 Å². The number of carbonyl (C=O) groups excluding carboxylic acids is 1. The third kappa shape index (κ3) is 4.09. The predicted octanol–water partition coefficient (Wildman–Crippen LogP) is 3.77. The highest BCUT2D eigenvalue weighted by Crippen LogP contribution is 2.17. The minimum Gasteiger partial charge on any atom is -0.362 e. The Kier molecular flexibility index (Phi) is 4.99. The van der Waals surface area contributed by atoms with Crippen molar-refractivity contribution in [3.63, 3.8) is 0 Å². The Morgan fingerprint density at radius 3 is 2.48 bits per heavy atom. The highest BCUT2D eigenvalue weighted by atomic mass is 16.2. The Morgan fingerprint density at radius 2 is 1.81 bits per heavy atom. The summed E-state index contributed by atoms with van der Waals surface area (Å²) in [5, 5.41) is 3.00. The van der Waals surface area contributed by atoms with Crippen LogP contribution in [0.3, 0.4) is 0 Å². The van der Waals surface area contributed by atoms with Gasteiger partial charge in [0.25, 0.3) is 0 Å². The first-order chi connectivity index (χ1) is 10.1. The summed E-state index contributed by atoms with van der Waals surface area (Å²) in [5.74, 6) is 0.00871. The number of carbonyl (C=O) groups is 1. The van der Waals surface area contributed by atoms with Crippen molar-refractivity contribution in [2.24, 2.45) is 0 Å². The fraction of sp³-hybridized carbons (Fsp3) is 0.278. The molecule has 0 heterocycles. The molecule has 0 aromatic heterocycles. The lowest BCUT2D eigenvalue weighted by Crippen LogP contribution is -2.33. The van der Waals surface area contributed by atoms with Crippen LogP contribution in [0.4, 0.5) is 11.4 Å². The molecule has 1 N–H and O–H groups in total. The summed E-state index contributed by atoms with van der Waals surface area (Å²) in [6.45, 7) is 7.23. The molecule has 0 radical (unpaired) electrons. The largest absolute Gasteiger partial charge is 0.362 e. The van der Waals surface area contributed by atoms with E-state index in [1.807, 2.05) is 62.4 Å². The maximum atomic E-state index is 12.3. The smallest absolute Gasteiger partial charge is 0.243 e. The average molecular weight is 282 g/mol. The van der Waals surface area contributed by atoms with Crippen LogP contribution in [0.2, 0.25) is 0 Å². The summed E-state index contributed by atoms with van der Waals surface area (Å²) in [6, 6.07) is 16.1. The average Bonchev–Trinajstić information content (AvgIpc) is 2.49. The molecule has 0 unspecified atom stereocenters. The second kappa shape index (κ2) is 6.93. The third-order valence-electron chi connectivity index (χ3n) is 3.50. The van der Waals surface area contributed by atoms with Gasteiger partial charge in [-0.2, -0.15) is 0 Å². The molecule has 3 nitrogen and oxygen atoms in total. The third-order valence-corrected chi connectivity index (χ3v) is 3.50. The first-order valence-electron chi connectivity index (χ1n) is 7.27. The SMILES string of the molecule is CCN(CC(=O)Nc1cc(C)ccc1C)c1ccccc1. The van der Waals surface area contributed by atoms with Gasteiger partial charge in [-0.05, 0) is 50.1 Å². The standard InChI is InChI=1S/C18H22N2O/c1-4-20(16-8-6-5-7-9-16)13-18(21)19-17-12-14(2)10-11-15(17)3/h5-12H,4,13H2,1-3H3,(H,19,21). The van der Waals surface area contributed by atoms with Crippen LogP contribution < -0.4 is 10.2 Å². The Bertz CT molecular complexity index is 608. The highest BCUT2D eigenvalue weighted by molar-refractivity contribution is 5.94. The summed E-state index contributed by atoms with van der Waals surface area (Å²) >= 11 is 0. The van der Waals surface area contributed by atoms with E-state index < -0.39 is 0 Å². The number of nitrogens with zero attached hydrogens (tertiary/aromatic N) is 1. The Balaban J connectivity index is 2.05. The maximum absolute atomic E-state index is 12.3. The molecule has 0 atom stereocenters. The number of anilines is 2. The van der Waals surface area contributed by atoms with E-state index in [9.17, 15) is 4.79 Å². The summed E-state index contributed by atoms with van der Waals surface area (Å²) in [5.41, 5.74) is 4.18. The van der Waals surface area contributed by atoms with Gasteiger partial charge in [-0.3, -0.25) is 4.79 Å². The van der Waals surface area contributed by atoms with Gasteiger partial charge in [0.15, 0.2) is 0 Å². The van der Waals surface area contributed by atoms with Crippen LogP contribution in [0.15, 0.2) is 48.5 Å². The minimum atomic E-state index is 0.00871. The molecular weight excluding hydrogens is 260 g/mol. The molecule has 1 amide bonds. The van der Waals surface area contributed by atoms with Crippen LogP contribution >= 0.6 is 0 Å². The zero-order valence-corrected chi connectivity index (χ0v) is 12.9. The van der Waals surface area contributed by atoms with Crippen molar-refractivity contribution in [1.82, 2.24) is 0 Å². The molecule has 110 valence electrons. The van der Waals surface area contributed by atoms with Crippen LogP contribution in [-0.2, 0) is 4.79 Å². The summed E-state index contributed by atoms with van der Waals surface area (Å²) in [7, 11) is 0. The van der Waals surface area contributed by atoms with Crippen molar-refractivity contribution in [1.29, 1.82) is 0 Å². The van der Waals surface area contributed by atoms with Crippen LogP contribution in [0.25, 0.3) is 0 Å². The molecule has 0 aliphatic carbocycles. The molecule has 0 aliphatic rings. The molecule has 21 heavy (non-hydrogen) atoms. The van der Waals surface area contributed by atoms with E-state index in [2.05, 4.69) is 17.1 Å². The van der Waals surface area contributed by atoms with Gasteiger partial charge in [0.2, 0.25) is 5.91 Å². The normalized spacial score (nSPS) is 10.2. The molecule has 0 fully saturated rings. The van der Waals surface area contributed by atoms with E-state index in [1.165, 1.54) is 0 Å². The lowest BCUT2D eigenvalue weighted by molar-refractivity contribution is -0.115. The first-order valence-corrected chi connectivity index (χ1v) is 7.27.